The second-order valence-corrected chi connectivity index (χ2v) is 16.9. The number of hydrogen-bond acceptors (Lipinski definition) is 3. The Morgan fingerprint density at radius 2 is 1.04 bits per heavy atom. The number of anilines is 3. The molecule has 0 radical (unpaired) electrons. The molecule has 0 N–H and O–H groups in total. The van der Waals surface area contributed by atoms with Crippen LogP contribution in [0.5, 0.6) is 0 Å². The van der Waals surface area contributed by atoms with Crippen LogP contribution >= 0.6 is 0 Å². The fourth-order valence-electron chi connectivity index (χ4n) is 8.85. The van der Waals surface area contributed by atoms with E-state index in [4.69, 9.17) is 9.31 Å². The van der Waals surface area contributed by atoms with Gasteiger partial charge in [-0.2, -0.15) is 0 Å². The Bertz CT molecular complexity index is 2770. The molecule has 0 spiro atoms. The Balaban J connectivity index is 1.09. The Morgan fingerprint density at radius 1 is 0.464 bits per heavy atom. The summed E-state index contributed by atoms with van der Waals surface area (Å²) in [4.78, 5) is 2.39. The zero-order chi connectivity index (χ0) is 38.4. The maximum absolute atomic E-state index is 6.50. The van der Waals surface area contributed by atoms with Gasteiger partial charge in [-0.1, -0.05) is 117 Å². The molecule has 1 saturated heterocycles. The van der Waals surface area contributed by atoms with Gasteiger partial charge in [0.05, 0.1) is 22.2 Å². The van der Waals surface area contributed by atoms with Crippen molar-refractivity contribution in [2.24, 2.45) is 0 Å². The van der Waals surface area contributed by atoms with E-state index in [1.807, 2.05) is 0 Å². The molecule has 5 heteroatoms. The summed E-state index contributed by atoms with van der Waals surface area (Å²) < 4.78 is 15.4. The summed E-state index contributed by atoms with van der Waals surface area (Å²) in [5.74, 6) is 0. The highest BCUT2D eigenvalue weighted by Gasteiger charge is 2.51. The first-order chi connectivity index (χ1) is 27.0. The van der Waals surface area contributed by atoms with Crippen LogP contribution in [0.4, 0.5) is 17.1 Å². The van der Waals surface area contributed by atoms with Crippen molar-refractivity contribution in [2.45, 2.75) is 58.2 Å². The third kappa shape index (κ3) is 5.37. The third-order valence-corrected chi connectivity index (χ3v) is 12.6. The van der Waals surface area contributed by atoms with Crippen molar-refractivity contribution in [3.8, 4) is 27.9 Å². The van der Waals surface area contributed by atoms with Crippen molar-refractivity contribution in [3.63, 3.8) is 0 Å². The first kappa shape index (κ1) is 34.6. The lowest BCUT2D eigenvalue weighted by molar-refractivity contribution is 0.00578. The molecule has 7 aromatic carbocycles. The third-order valence-electron chi connectivity index (χ3n) is 12.6. The quantitative estimate of drug-likeness (QED) is 0.160. The number of hydrogen-bond donors (Lipinski definition) is 0. The van der Waals surface area contributed by atoms with Crippen LogP contribution in [0, 0.1) is 0 Å². The van der Waals surface area contributed by atoms with Crippen LogP contribution in [-0.4, -0.2) is 22.9 Å². The first-order valence-corrected chi connectivity index (χ1v) is 19.7. The van der Waals surface area contributed by atoms with Crippen molar-refractivity contribution in [1.29, 1.82) is 0 Å². The lowest BCUT2D eigenvalue weighted by Gasteiger charge is -2.32. The van der Waals surface area contributed by atoms with E-state index in [0.29, 0.717) is 0 Å². The molecule has 1 aliphatic carbocycles. The minimum absolute atomic E-state index is 0.107. The van der Waals surface area contributed by atoms with Gasteiger partial charge < -0.3 is 18.8 Å². The lowest BCUT2D eigenvalue weighted by Crippen LogP contribution is -2.41. The van der Waals surface area contributed by atoms with E-state index in [2.05, 4.69) is 215 Å². The Hall–Kier alpha value is -5.88. The minimum atomic E-state index is -0.440. The van der Waals surface area contributed by atoms with Gasteiger partial charge in [0.25, 0.3) is 0 Å². The second-order valence-electron chi connectivity index (χ2n) is 16.9. The van der Waals surface area contributed by atoms with E-state index in [1.54, 1.807) is 0 Å². The van der Waals surface area contributed by atoms with Gasteiger partial charge in [0.2, 0.25) is 0 Å². The summed E-state index contributed by atoms with van der Waals surface area (Å²) in [6.07, 6.45) is 0. The SMILES string of the molecule is CC1(C)c2ccccc2-c2ccc(N(c3ccc(-c4ccccc4)cc3)c3ccc(-n4c5ccccc5c5ccc(B6OC(C)(C)C(C)(C)O6)cc54)cc3)cc21. The van der Waals surface area contributed by atoms with Crippen LogP contribution in [0.2, 0.25) is 0 Å². The van der Waals surface area contributed by atoms with Crippen LogP contribution in [0.3, 0.4) is 0 Å². The molecule has 0 saturated carbocycles. The molecule has 4 nitrogen and oxygen atoms in total. The fraction of sp³-hybridized carbons (Fsp3) is 0.176. The van der Waals surface area contributed by atoms with Crippen LogP contribution in [0.15, 0.2) is 164 Å². The topological polar surface area (TPSA) is 26.6 Å². The Morgan fingerprint density at radius 3 is 1.77 bits per heavy atom. The van der Waals surface area contributed by atoms with Crippen molar-refractivity contribution >= 4 is 51.4 Å². The number of rotatable bonds is 6. The van der Waals surface area contributed by atoms with E-state index in [-0.39, 0.29) is 5.41 Å². The van der Waals surface area contributed by atoms with Gasteiger partial charge in [-0.15, -0.1) is 0 Å². The lowest BCUT2D eigenvalue weighted by atomic mass is 9.79. The Kier molecular flexibility index (Phi) is 7.77. The standard InChI is InChI=1S/C51H45BN2O2/c1-49(2)45-18-12-10-16-41(45)42-31-29-40(33-46(42)49)53(37-23-20-35(21-24-37)34-14-8-7-9-15-34)38-25-27-39(28-26-38)54-47-19-13-11-17-43(47)44-30-22-36(32-48(44)54)52-55-50(3,4)51(5,6)56-52/h7-33H,1-6H3. The summed E-state index contributed by atoms with van der Waals surface area (Å²) in [5.41, 5.74) is 14.6. The minimum Gasteiger partial charge on any atom is -0.399 e. The fourth-order valence-corrected chi connectivity index (χ4v) is 8.85. The molecule has 56 heavy (non-hydrogen) atoms. The molecule has 0 unspecified atom stereocenters. The Labute approximate surface area is 330 Å². The van der Waals surface area contributed by atoms with Gasteiger partial charge >= 0.3 is 7.12 Å². The predicted molar refractivity (Wildman–Crippen MR) is 234 cm³/mol. The molecule has 2 heterocycles. The number of aromatic nitrogens is 1. The van der Waals surface area contributed by atoms with Crippen LogP contribution in [0.1, 0.15) is 52.7 Å². The summed E-state index contributed by atoms with van der Waals surface area (Å²) in [7, 11) is -0.440. The summed E-state index contributed by atoms with van der Waals surface area (Å²) >= 11 is 0. The highest BCUT2D eigenvalue weighted by Crippen LogP contribution is 2.50. The number of benzene rings is 7. The molecule has 1 aromatic heterocycles. The number of nitrogens with zero attached hydrogens (tertiary/aromatic N) is 2. The molecular formula is C51H45BN2O2. The van der Waals surface area contributed by atoms with Gasteiger partial charge in [-0.3, -0.25) is 0 Å². The number of fused-ring (bicyclic) bond motifs is 6. The zero-order valence-electron chi connectivity index (χ0n) is 32.9. The molecule has 274 valence electrons. The highest BCUT2D eigenvalue weighted by molar-refractivity contribution is 6.62. The average molecular weight is 729 g/mol. The molecular weight excluding hydrogens is 683 g/mol. The van der Waals surface area contributed by atoms with Crippen molar-refractivity contribution in [3.05, 3.63) is 175 Å². The van der Waals surface area contributed by atoms with E-state index in [1.165, 1.54) is 44.2 Å². The van der Waals surface area contributed by atoms with E-state index in [9.17, 15) is 0 Å². The largest absolute Gasteiger partial charge is 0.494 e. The molecule has 10 rings (SSSR count). The smallest absolute Gasteiger partial charge is 0.399 e. The maximum atomic E-state index is 6.50. The van der Waals surface area contributed by atoms with E-state index in [0.717, 1.165) is 39.2 Å². The molecule has 2 aliphatic rings. The van der Waals surface area contributed by atoms with Gasteiger partial charge in [0.1, 0.15) is 0 Å². The number of para-hydroxylation sites is 1. The van der Waals surface area contributed by atoms with Gasteiger partial charge in [0, 0.05) is 38.9 Å². The molecule has 0 bridgehead atoms. The predicted octanol–water partition coefficient (Wildman–Crippen LogP) is 12.5. The highest BCUT2D eigenvalue weighted by atomic mass is 16.7. The average Bonchev–Trinajstić information content (AvgIpc) is 3.75. The van der Waals surface area contributed by atoms with Crippen LogP contribution < -0.4 is 10.4 Å². The molecule has 1 aliphatic heterocycles. The molecule has 0 atom stereocenters. The maximum Gasteiger partial charge on any atom is 0.494 e. The second kappa shape index (κ2) is 12.6. The van der Waals surface area contributed by atoms with Gasteiger partial charge in [-0.25, -0.2) is 0 Å². The van der Waals surface area contributed by atoms with Crippen molar-refractivity contribution < 1.29 is 9.31 Å². The summed E-state index contributed by atoms with van der Waals surface area (Å²) in [5, 5.41) is 2.42. The molecule has 1 fully saturated rings. The van der Waals surface area contributed by atoms with Gasteiger partial charge in [0.15, 0.2) is 0 Å². The van der Waals surface area contributed by atoms with Crippen LogP contribution in [0.25, 0.3) is 49.7 Å². The first-order valence-electron chi connectivity index (χ1n) is 19.7. The molecule has 0 amide bonds. The van der Waals surface area contributed by atoms with Gasteiger partial charge in [-0.05, 0) is 127 Å². The summed E-state index contributed by atoms with van der Waals surface area (Å²) in [6, 6.07) is 59.7. The van der Waals surface area contributed by atoms with Crippen molar-refractivity contribution in [1.82, 2.24) is 4.57 Å². The summed E-state index contributed by atoms with van der Waals surface area (Å²) in [6.45, 7) is 13.1. The van der Waals surface area contributed by atoms with Crippen molar-refractivity contribution in [2.75, 3.05) is 4.90 Å². The normalized spacial score (nSPS) is 16.3. The van der Waals surface area contributed by atoms with E-state index >= 15 is 0 Å². The monoisotopic (exact) mass is 728 g/mol. The van der Waals surface area contributed by atoms with Crippen LogP contribution in [-0.2, 0) is 14.7 Å². The molecule has 8 aromatic rings. The zero-order valence-corrected chi connectivity index (χ0v) is 32.9. The van der Waals surface area contributed by atoms with E-state index < -0.39 is 18.3 Å².